The van der Waals surface area contributed by atoms with Crippen molar-refractivity contribution in [2.45, 2.75) is 19.4 Å². The van der Waals surface area contributed by atoms with Crippen LogP contribution in [0.2, 0.25) is 0 Å². The van der Waals surface area contributed by atoms with Crippen molar-refractivity contribution >= 4 is 5.91 Å². The van der Waals surface area contributed by atoms with Gasteiger partial charge in [-0.3, -0.25) is 9.69 Å². The number of carbonyl (C=O) groups is 1. The summed E-state index contributed by atoms with van der Waals surface area (Å²) in [5, 5.41) is 11.9. The van der Waals surface area contributed by atoms with Crippen LogP contribution in [0.1, 0.15) is 33.3 Å². The van der Waals surface area contributed by atoms with Crippen LogP contribution in [0.25, 0.3) is 0 Å². The highest BCUT2D eigenvalue weighted by molar-refractivity contribution is 5.89. The van der Waals surface area contributed by atoms with Gasteiger partial charge in [-0.25, -0.2) is 4.98 Å². The highest BCUT2D eigenvalue weighted by Gasteiger charge is 2.22. The average molecular weight is 416 g/mol. The van der Waals surface area contributed by atoms with Gasteiger partial charge < -0.3 is 14.5 Å². The number of fused-ring (bicyclic) bond motifs is 1. The fraction of sp³-hybridized carbons (Fsp3) is 0.292. The van der Waals surface area contributed by atoms with Crippen molar-refractivity contribution in [3.05, 3.63) is 83.1 Å². The van der Waals surface area contributed by atoms with E-state index < -0.39 is 0 Å². The van der Waals surface area contributed by atoms with Crippen LogP contribution in [-0.2, 0) is 19.4 Å². The molecule has 1 aromatic heterocycles. The molecule has 0 atom stereocenters. The third-order valence-electron chi connectivity index (χ3n) is 5.15. The molecule has 3 aromatic rings. The molecule has 0 bridgehead atoms. The molecular weight excluding hydrogens is 392 g/mol. The van der Waals surface area contributed by atoms with E-state index in [9.17, 15) is 4.79 Å². The van der Waals surface area contributed by atoms with Gasteiger partial charge >= 0.3 is 5.91 Å². The minimum Gasteiger partial charge on any atom is -0.492 e. The van der Waals surface area contributed by atoms with Crippen LogP contribution in [-0.4, -0.2) is 42.0 Å². The topological polar surface area (TPSA) is 91.4 Å². The van der Waals surface area contributed by atoms with E-state index in [1.165, 1.54) is 0 Å². The number of nitriles is 1. The zero-order valence-electron chi connectivity index (χ0n) is 17.2. The van der Waals surface area contributed by atoms with Gasteiger partial charge in [-0.15, -0.1) is 0 Å². The number of carbonyl (C=O) groups excluding carboxylic acids is 1. The van der Waals surface area contributed by atoms with Gasteiger partial charge in [0, 0.05) is 32.5 Å². The van der Waals surface area contributed by atoms with Crippen molar-refractivity contribution in [3.63, 3.8) is 0 Å². The molecule has 1 aliphatic heterocycles. The molecule has 4 rings (SSSR count). The molecule has 2 aromatic carbocycles. The summed E-state index contributed by atoms with van der Waals surface area (Å²) < 4.78 is 11.3. The number of para-hydroxylation sites is 1. The van der Waals surface area contributed by atoms with Crippen LogP contribution < -0.4 is 10.1 Å². The summed E-state index contributed by atoms with van der Waals surface area (Å²) in [6, 6.07) is 19.3. The fourth-order valence-corrected chi connectivity index (χ4v) is 3.59. The van der Waals surface area contributed by atoms with Crippen LogP contribution in [0.15, 0.2) is 59.0 Å². The number of nitrogens with one attached hydrogen (secondary N) is 1. The van der Waals surface area contributed by atoms with Gasteiger partial charge in [-0.1, -0.05) is 30.3 Å². The van der Waals surface area contributed by atoms with Gasteiger partial charge in [0.2, 0.25) is 0 Å². The first-order chi connectivity index (χ1) is 15.2. The lowest BCUT2D eigenvalue weighted by Gasteiger charge is -2.19. The predicted molar refractivity (Wildman–Crippen MR) is 115 cm³/mol. The van der Waals surface area contributed by atoms with Crippen LogP contribution in [0, 0.1) is 11.3 Å². The summed E-state index contributed by atoms with van der Waals surface area (Å²) in [7, 11) is 0. The summed E-state index contributed by atoms with van der Waals surface area (Å²) in [4.78, 5) is 19.1. The Hall–Kier alpha value is -3.63. The number of hydrogen-bond acceptors (Lipinski definition) is 6. The standard InChI is InChI=1S/C24H24N4O3/c25-16-18-5-4-6-19(15-18)17-28-12-9-21-22(10-13-28)31-24(27-21)23(29)26-11-14-30-20-7-2-1-3-8-20/h1-8,15H,9-14,17H2,(H,26,29). The first-order valence-corrected chi connectivity index (χ1v) is 10.4. The number of aromatic nitrogens is 1. The molecule has 0 spiro atoms. The molecule has 0 unspecified atom stereocenters. The van der Waals surface area contributed by atoms with Crippen LogP contribution in [0.5, 0.6) is 5.75 Å². The maximum atomic E-state index is 12.4. The number of ether oxygens (including phenoxy) is 1. The smallest absolute Gasteiger partial charge is 0.307 e. The van der Waals surface area contributed by atoms with Crippen LogP contribution in [0.3, 0.4) is 0 Å². The number of nitrogens with zero attached hydrogens (tertiary/aromatic N) is 3. The summed E-state index contributed by atoms with van der Waals surface area (Å²) in [6.45, 7) is 3.15. The fourth-order valence-electron chi connectivity index (χ4n) is 3.59. The lowest BCUT2D eigenvalue weighted by atomic mass is 10.1. The van der Waals surface area contributed by atoms with E-state index in [1.807, 2.05) is 54.6 Å². The number of rotatable bonds is 7. The van der Waals surface area contributed by atoms with Crippen LogP contribution in [0.4, 0.5) is 0 Å². The number of benzene rings is 2. The van der Waals surface area contributed by atoms with E-state index in [1.54, 1.807) is 0 Å². The van der Waals surface area contributed by atoms with Crippen molar-refractivity contribution in [2.75, 3.05) is 26.2 Å². The second-order valence-electron chi connectivity index (χ2n) is 7.39. The molecule has 1 N–H and O–H groups in total. The molecule has 0 fully saturated rings. The molecular formula is C24H24N4O3. The first-order valence-electron chi connectivity index (χ1n) is 10.4. The number of hydrogen-bond donors (Lipinski definition) is 1. The Morgan fingerprint density at radius 2 is 2.00 bits per heavy atom. The zero-order chi connectivity index (χ0) is 21.5. The molecule has 7 heteroatoms. The summed E-state index contributed by atoms with van der Waals surface area (Å²) >= 11 is 0. The number of amides is 1. The molecule has 31 heavy (non-hydrogen) atoms. The van der Waals surface area contributed by atoms with E-state index in [0.29, 0.717) is 25.1 Å². The Kier molecular flexibility index (Phi) is 6.60. The van der Waals surface area contributed by atoms with Crippen molar-refractivity contribution in [1.29, 1.82) is 5.26 Å². The van der Waals surface area contributed by atoms with E-state index in [0.717, 1.165) is 48.8 Å². The van der Waals surface area contributed by atoms with E-state index >= 15 is 0 Å². The zero-order valence-corrected chi connectivity index (χ0v) is 17.2. The van der Waals surface area contributed by atoms with Gasteiger partial charge in [0.15, 0.2) is 0 Å². The number of oxazole rings is 1. The molecule has 158 valence electrons. The van der Waals surface area contributed by atoms with Gasteiger partial charge in [-0.05, 0) is 29.8 Å². The Morgan fingerprint density at radius 3 is 2.84 bits per heavy atom. The minimum absolute atomic E-state index is 0.111. The Labute approximate surface area is 181 Å². The maximum Gasteiger partial charge on any atom is 0.307 e. The molecule has 7 nitrogen and oxygen atoms in total. The van der Waals surface area contributed by atoms with Crippen molar-refractivity contribution in [3.8, 4) is 11.8 Å². The quantitative estimate of drug-likeness (QED) is 0.596. The van der Waals surface area contributed by atoms with Crippen molar-refractivity contribution < 1.29 is 13.9 Å². The van der Waals surface area contributed by atoms with Gasteiger partial charge in [0.05, 0.1) is 23.9 Å². The molecule has 1 aliphatic rings. The highest BCUT2D eigenvalue weighted by atomic mass is 16.5. The van der Waals surface area contributed by atoms with E-state index in [2.05, 4.69) is 21.3 Å². The summed E-state index contributed by atoms with van der Waals surface area (Å²) in [6.07, 6.45) is 1.42. The first kappa shape index (κ1) is 20.6. The second-order valence-corrected chi connectivity index (χ2v) is 7.39. The Morgan fingerprint density at radius 1 is 1.16 bits per heavy atom. The maximum absolute atomic E-state index is 12.4. The van der Waals surface area contributed by atoms with E-state index in [4.69, 9.17) is 14.4 Å². The molecule has 1 amide bonds. The second kappa shape index (κ2) is 9.92. The monoisotopic (exact) mass is 416 g/mol. The predicted octanol–water partition coefficient (Wildman–Crippen LogP) is 2.96. The third-order valence-corrected chi connectivity index (χ3v) is 5.15. The van der Waals surface area contributed by atoms with Gasteiger partial charge in [-0.2, -0.15) is 5.26 Å². The third kappa shape index (κ3) is 5.50. The molecule has 0 aliphatic carbocycles. The van der Waals surface area contributed by atoms with Gasteiger partial charge in [0.25, 0.3) is 5.89 Å². The van der Waals surface area contributed by atoms with Gasteiger partial charge in [0.1, 0.15) is 18.1 Å². The SMILES string of the molecule is N#Cc1cccc(CN2CCc3nc(C(=O)NCCOc4ccccc4)oc3CC2)c1. The lowest BCUT2D eigenvalue weighted by Crippen LogP contribution is -2.28. The molecule has 0 saturated carbocycles. The lowest BCUT2D eigenvalue weighted by molar-refractivity contribution is 0.0910. The minimum atomic E-state index is -0.324. The van der Waals surface area contributed by atoms with Crippen molar-refractivity contribution in [2.24, 2.45) is 0 Å². The average Bonchev–Trinajstić information content (AvgIpc) is 3.13. The van der Waals surface area contributed by atoms with E-state index in [-0.39, 0.29) is 11.8 Å². The molecule has 0 saturated heterocycles. The Bertz CT molecular complexity index is 1050. The normalized spacial score (nSPS) is 13.6. The van der Waals surface area contributed by atoms with Crippen LogP contribution >= 0.6 is 0 Å². The highest BCUT2D eigenvalue weighted by Crippen LogP contribution is 2.19. The van der Waals surface area contributed by atoms with Crippen molar-refractivity contribution in [1.82, 2.24) is 15.2 Å². The largest absolute Gasteiger partial charge is 0.492 e. The summed E-state index contributed by atoms with van der Waals surface area (Å²) in [5.74, 6) is 1.33. The Balaban J connectivity index is 1.27. The molecule has 0 radical (unpaired) electrons. The molecule has 2 heterocycles. The summed E-state index contributed by atoms with van der Waals surface area (Å²) in [5.41, 5.74) is 2.63.